The van der Waals surface area contributed by atoms with Crippen LogP contribution in [0.25, 0.3) is 5.57 Å². The van der Waals surface area contributed by atoms with Crippen LogP contribution >= 0.6 is 0 Å². The van der Waals surface area contributed by atoms with Gasteiger partial charge in [-0.25, -0.2) is 4.39 Å². The van der Waals surface area contributed by atoms with Gasteiger partial charge in [-0.05, 0) is 42.0 Å². The summed E-state index contributed by atoms with van der Waals surface area (Å²) in [5, 5.41) is 0. The zero-order chi connectivity index (χ0) is 13.1. The van der Waals surface area contributed by atoms with E-state index in [1.54, 1.807) is 12.1 Å². The fraction of sp³-hybridized carbons (Fsp3) is 0.500. The number of hydrogen-bond acceptors (Lipinski definition) is 2. The minimum absolute atomic E-state index is 0.164. The molecule has 1 saturated heterocycles. The summed E-state index contributed by atoms with van der Waals surface area (Å²) in [5.41, 5.74) is 2.50. The lowest BCUT2D eigenvalue weighted by molar-refractivity contribution is 0.170. The minimum atomic E-state index is -0.164. The molecule has 0 unspecified atom stereocenters. The number of halogens is 1. The molecule has 2 aliphatic rings. The van der Waals surface area contributed by atoms with E-state index >= 15 is 0 Å². The standard InChI is InChI=1S/C16H20FNO/c17-16-3-1-14(2-4-16)15-5-8-18(9-6-15)11-13-7-10-19-12-13/h1-5,13H,6-12H2/t13-/m0/s1. The van der Waals surface area contributed by atoms with Gasteiger partial charge < -0.3 is 4.74 Å². The van der Waals surface area contributed by atoms with E-state index in [2.05, 4.69) is 11.0 Å². The van der Waals surface area contributed by atoms with Crippen molar-refractivity contribution in [2.45, 2.75) is 12.8 Å². The van der Waals surface area contributed by atoms with Crippen LogP contribution < -0.4 is 0 Å². The highest BCUT2D eigenvalue weighted by atomic mass is 19.1. The Hall–Kier alpha value is -1.19. The molecular formula is C16H20FNO. The molecule has 102 valence electrons. The number of rotatable bonds is 3. The zero-order valence-corrected chi connectivity index (χ0v) is 11.1. The fourth-order valence-corrected chi connectivity index (χ4v) is 2.90. The maximum atomic E-state index is 12.9. The van der Waals surface area contributed by atoms with Gasteiger partial charge in [-0.1, -0.05) is 18.2 Å². The lowest BCUT2D eigenvalue weighted by Gasteiger charge is -2.28. The highest BCUT2D eigenvalue weighted by molar-refractivity contribution is 5.66. The summed E-state index contributed by atoms with van der Waals surface area (Å²) < 4.78 is 18.3. The Balaban J connectivity index is 1.58. The average molecular weight is 261 g/mol. The summed E-state index contributed by atoms with van der Waals surface area (Å²) in [7, 11) is 0. The Morgan fingerprint density at radius 2 is 2.11 bits per heavy atom. The quantitative estimate of drug-likeness (QED) is 0.829. The molecule has 0 bridgehead atoms. The van der Waals surface area contributed by atoms with E-state index in [1.807, 2.05) is 12.1 Å². The van der Waals surface area contributed by atoms with E-state index in [0.29, 0.717) is 5.92 Å². The molecule has 0 N–H and O–H groups in total. The van der Waals surface area contributed by atoms with Crippen molar-refractivity contribution in [3.63, 3.8) is 0 Å². The van der Waals surface area contributed by atoms with Crippen LogP contribution in [0.15, 0.2) is 30.3 Å². The van der Waals surface area contributed by atoms with Crippen molar-refractivity contribution in [3.8, 4) is 0 Å². The van der Waals surface area contributed by atoms with Crippen LogP contribution in [-0.2, 0) is 4.74 Å². The molecule has 3 rings (SSSR count). The van der Waals surface area contributed by atoms with Crippen LogP contribution in [0.4, 0.5) is 4.39 Å². The molecule has 0 saturated carbocycles. The van der Waals surface area contributed by atoms with Gasteiger partial charge in [-0.15, -0.1) is 0 Å². The van der Waals surface area contributed by atoms with Crippen LogP contribution in [-0.4, -0.2) is 37.7 Å². The normalized spacial score (nSPS) is 24.5. The number of nitrogens with zero attached hydrogens (tertiary/aromatic N) is 1. The first-order valence-corrected chi connectivity index (χ1v) is 7.06. The maximum absolute atomic E-state index is 12.9. The van der Waals surface area contributed by atoms with Gasteiger partial charge in [0.2, 0.25) is 0 Å². The molecule has 2 aliphatic heterocycles. The lowest BCUT2D eigenvalue weighted by Crippen LogP contribution is -2.33. The summed E-state index contributed by atoms with van der Waals surface area (Å²) in [5.74, 6) is 0.545. The molecule has 0 aromatic heterocycles. The largest absolute Gasteiger partial charge is 0.381 e. The summed E-state index contributed by atoms with van der Waals surface area (Å²) in [4.78, 5) is 2.49. The molecule has 1 aromatic carbocycles. The van der Waals surface area contributed by atoms with Gasteiger partial charge in [0.05, 0.1) is 6.61 Å². The van der Waals surface area contributed by atoms with Crippen molar-refractivity contribution < 1.29 is 9.13 Å². The summed E-state index contributed by atoms with van der Waals surface area (Å²) >= 11 is 0. The Kier molecular flexibility index (Phi) is 3.95. The monoisotopic (exact) mass is 261 g/mol. The third kappa shape index (κ3) is 3.23. The highest BCUT2D eigenvalue weighted by Crippen LogP contribution is 2.24. The fourth-order valence-electron chi connectivity index (χ4n) is 2.90. The van der Waals surface area contributed by atoms with E-state index in [4.69, 9.17) is 4.74 Å². The molecule has 0 spiro atoms. The maximum Gasteiger partial charge on any atom is 0.123 e. The van der Waals surface area contributed by atoms with E-state index in [-0.39, 0.29) is 5.82 Å². The molecular weight excluding hydrogens is 241 g/mol. The number of benzene rings is 1. The molecule has 2 heterocycles. The Morgan fingerprint density at radius 1 is 1.26 bits per heavy atom. The average Bonchev–Trinajstić information content (AvgIpc) is 2.94. The van der Waals surface area contributed by atoms with Crippen LogP contribution in [0.5, 0.6) is 0 Å². The van der Waals surface area contributed by atoms with Crippen LogP contribution in [0, 0.1) is 11.7 Å². The van der Waals surface area contributed by atoms with E-state index < -0.39 is 0 Å². The molecule has 0 amide bonds. The van der Waals surface area contributed by atoms with Crippen molar-refractivity contribution in [2.24, 2.45) is 5.92 Å². The number of hydrogen-bond donors (Lipinski definition) is 0. The van der Waals surface area contributed by atoms with Crippen molar-refractivity contribution in [3.05, 3.63) is 41.7 Å². The first-order valence-electron chi connectivity index (χ1n) is 7.06. The topological polar surface area (TPSA) is 12.5 Å². The van der Waals surface area contributed by atoms with Gasteiger partial charge in [0.1, 0.15) is 5.82 Å². The lowest BCUT2D eigenvalue weighted by atomic mass is 9.98. The summed E-state index contributed by atoms with van der Waals surface area (Å²) in [6, 6.07) is 6.83. The van der Waals surface area contributed by atoms with Crippen LogP contribution in [0.1, 0.15) is 18.4 Å². The van der Waals surface area contributed by atoms with Crippen molar-refractivity contribution >= 4 is 5.57 Å². The Labute approximate surface area is 113 Å². The Bertz CT molecular complexity index is 448. The van der Waals surface area contributed by atoms with Gasteiger partial charge in [0, 0.05) is 26.2 Å². The van der Waals surface area contributed by atoms with Crippen molar-refractivity contribution in [2.75, 3.05) is 32.8 Å². The van der Waals surface area contributed by atoms with Gasteiger partial charge in [0.25, 0.3) is 0 Å². The van der Waals surface area contributed by atoms with Crippen molar-refractivity contribution in [1.29, 1.82) is 0 Å². The SMILES string of the molecule is Fc1ccc(C2=CCN(C[C@@H]3CCOC3)CC2)cc1. The molecule has 3 heteroatoms. The molecule has 0 aliphatic carbocycles. The van der Waals surface area contributed by atoms with Crippen LogP contribution in [0.2, 0.25) is 0 Å². The molecule has 1 fully saturated rings. The molecule has 1 aromatic rings. The molecule has 2 nitrogen and oxygen atoms in total. The van der Waals surface area contributed by atoms with E-state index in [0.717, 1.165) is 44.8 Å². The second-order valence-corrected chi connectivity index (χ2v) is 5.48. The molecule has 1 atom stereocenters. The zero-order valence-electron chi connectivity index (χ0n) is 11.1. The molecule has 0 radical (unpaired) electrons. The van der Waals surface area contributed by atoms with E-state index in [1.165, 1.54) is 12.0 Å². The third-order valence-electron chi connectivity index (χ3n) is 4.05. The first-order chi connectivity index (χ1) is 9.31. The van der Waals surface area contributed by atoms with Gasteiger partial charge in [-0.2, -0.15) is 0 Å². The smallest absolute Gasteiger partial charge is 0.123 e. The second kappa shape index (κ2) is 5.85. The predicted molar refractivity (Wildman–Crippen MR) is 74.4 cm³/mol. The van der Waals surface area contributed by atoms with Gasteiger partial charge >= 0.3 is 0 Å². The Morgan fingerprint density at radius 3 is 2.74 bits per heavy atom. The number of ether oxygens (including phenoxy) is 1. The van der Waals surface area contributed by atoms with Crippen molar-refractivity contribution in [1.82, 2.24) is 4.90 Å². The minimum Gasteiger partial charge on any atom is -0.381 e. The molecule has 19 heavy (non-hydrogen) atoms. The highest BCUT2D eigenvalue weighted by Gasteiger charge is 2.20. The van der Waals surface area contributed by atoms with Crippen LogP contribution in [0.3, 0.4) is 0 Å². The predicted octanol–water partition coefficient (Wildman–Crippen LogP) is 2.95. The first kappa shape index (κ1) is 12.8. The summed E-state index contributed by atoms with van der Waals surface area (Å²) in [6.45, 7) is 5.09. The van der Waals surface area contributed by atoms with E-state index in [9.17, 15) is 4.39 Å². The third-order valence-corrected chi connectivity index (χ3v) is 4.05. The van der Waals surface area contributed by atoms with Gasteiger partial charge in [-0.3, -0.25) is 4.90 Å². The van der Waals surface area contributed by atoms with Gasteiger partial charge in [0.15, 0.2) is 0 Å². The summed E-state index contributed by atoms with van der Waals surface area (Å²) in [6.07, 6.45) is 4.54. The second-order valence-electron chi connectivity index (χ2n) is 5.48.